The van der Waals surface area contributed by atoms with Crippen LogP contribution >= 0.6 is 0 Å². The van der Waals surface area contributed by atoms with Crippen LogP contribution < -0.4 is 15.8 Å². The van der Waals surface area contributed by atoms with Crippen LogP contribution in [0.4, 0.5) is 5.69 Å². The van der Waals surface area contributed by atoms with Gasteiger partial charge in [0.15, 0.2) is 0 Å². The molecular formula is C34H39N3O6S. The second-order valence-electron chi connectivity index (χ2n) is 11.8. The number of phenols is 2. The molecule has 1 unspecified atom stereocenters. The third-order valence-electron chi connectivity index (χ3n) is 7.39. The predicted octanol–water partition coefficient (Wildman–Crippen LogP) is 4.59. The summed E-state index contributed by atoms with van der Waals surface area (Å²) in [4.78, 5) is 12.6. The van der Waals surface area contributed by atoms with Gasteiger partial charge in [-0.15, -0.1) is 0 Å². The van der Waals surface area contributed by atoms with E-state index in [1.54, 1.807) is 12.1 Å². The number of carbonyl (C=O) groups excluding carboxylic acids is 1. The van der Waals surface area contributed by atoms with E-state index in [9.17, 15) is 28.5 Å². The van der Waals surface area contributed by atoms with E-state index >= 15 is 0 Å². The third-order valence-corrected chi connectivity index (χ3v) is 7.98. The first-order chi connectivity index (χ1) is 20.7. The Labute approximate surface area is 258 Å². The van der Waals surface area contributed by atoms with Crippen LogP contribution in [0.3, 0.4) is 0 Å². The largest absolute Gasteiger partial charge is 0.508 e. The number of aromatic hydroxyl groups is 2. The van der Waals surface area contributed by atoms with E-state index in [0.29, 0.717) is 18.4 Å². The molecule has 0 heterocycles. The summed E-state index contributed by atoms with van der Waals surface area (Å²) in [5.74, 6) is -0.995. The van der Waals surface area contributed by atoms with Crippen molar-refractivity contribution in [2.75, 3.05) is 17.5 Å². The molecule has 0 aliphatic rings. The first kappa shape index (κ1) is 32.5. The van der Waals surface area contributed by atoms with Gasteiger partial charge < -0.3 is 26.4 Å². The third kappa shape index (κ3) is 9.06. The number of aliphatic hydroxyl groups excluding tert-OH is 1. The smallest absolute Gasteiger partial charge is 0.229 e. The summed E-state index contributed by atoms with van der Waals surface area (Å²) in [6.07, 6.45) is 1.04. The molecule has 44 heavy (non-hydrogen) atoms. The highest BCUT2D eigenvalue weighted by Gasteiger charge is 2.23. The Hall–Kier alpha value is -4.38. The fraction of sp³-hybridized carbons (Fsp3) is 0.265. The van der Waals surface area contributed by atoms with E-state index in [4.69, 9.17) is 5.73 Å². The molecule has 2 atom stereocenters. The standard InChI is InChI=1S/C34H39N3O6S/c1-34(2,36-21-32(40)27-12-15-31(39)30(19-27)37-44(3,42)43)20-23-7-5-9-26(17-23)29(33(35)41)18-22-6-4-8-25(16-22)24-10-13-28(38)14-11-24/h4-17,19,29,32,36-40H,18,20-21H2,1-3H3,(H2,35,41)/t29?,32-/m0/s1. The van der Waals surface area contributed by atoms with Crippen molar-refractivity contribution >= 4 is 21.6 Å². The van der Waals surface area contributed by atoms with Crippen LogP contribution in [0.25, 0.3) is 11.1 Å². The molecule has 0 saturated carbocycles. The number of phenolic OH excluding ortho intramolecular Hbond substituents is 2. The van der Waals surface area contributed by atoms with E-state index in [1.165, 1.54) is 18.2 Å². The van der Waals surface area contributed by atoms with Gasteiger partial charge in [-0.05, 0) is 84.3 Å². The zero-order valence-electron chi connectivity index (χ0n) is 25.0. The molecule has 4 aromatic carbocycles. The minimum atomic E-state index is -3.60. The van der Waals surface area contributed by atoms with E-state index in [0.717, 1.165) is 34.1 Å². The van der Waals surface area contributed by atoms with Crippen molar-refractivity contribution in [1.82, 2.24) is 5.32 Å². The summed E-state index contributed by atoms with van der Waals surface area (Å²) >= 11 is 0. The van der Waals surface area contributed by atoms with Crippen molar-refractivity contribution in [2.45, 2.75) is 44.2 Å². The first-order valence-corrected chi connectivity index (χ1v) is 16.1. The van der Waals surface area contributed by atoms with Gasteiger partial charge in [0, 0.05) is 12.1 Å². The molecule has 10 heteroatoms. The molecule has 4 rings (SSSR count). The highest BCUT2D eigenvalue weighted by molar-refractivity contribution is 7.92. The van der Waals surface area contributed by atoms with E-state index in [-0.39, 0.29) is 23.7 Å². The molecule has 0 radical (unpaired) electrons. The molecule has 4 aromatic rings. The molecule has 0 spiro atoms. The number of β-amino-alcohol motifs (C(OH)–C–C–N with tert-alkyl or cyclic N) is 1. The Kier molecular flexibility index (Phi) is 9.98. The molecule has 232 valence electrons. The molecule has 0 aliphatic heterocycles. The van der Waals surface area contributed by atoms with Crippen LogP contribution in [0, 0.1) is 0 Å². The summed E-state index contributed by atoms with van der Waals surface area (Å²) in [7, 11) is -3.60. The Morgan fingerprint density at radius 2 is 1.55 bits per heavy atom. The number of nitrogens with one attached hydrogen (secondary N) is 2. The molecule has 1 amide bonds. The number of aliphatic hydroxyl groups is 1. The molecule has 7 N–H and O–H groups in total. The van der Waals surface area contributed by atoms with Crippen molar-refractivity contribution in [3.8, 4) is 22.6 Å². The van der Waals surface area contributed by atoms with Gasteiger partial charge in [-0.25, -0.2) is 8.42 Å². The average molecular weight is 618 g/mol. The average Bonchev–Trinajstić information content (AvgIpc) is 2.95. The maximum atomic E-state index is 12.6. The van der Waals surface area contributed by atoms with E-state index < -0.39 is 33.5 Å². The number of amides is 1. The normalized spacial score (nSPS) is 13.3. The summed E-state index contributed by atoms with van der Waals surface area (Å²) in [6.45, 7) is 4.18. The molecule has 0 fully saturated rings. The lowest BCUT2D eigenvalue weighted by Crippen LogP contribution is -2.43. The number of rotatable bonds is 13. The molecule has 0 aromatic heterocycles. The monoisotopic (exact) mass is 617 g/mol. The van der Waals surface area contributed by atoms with Gasteiger partial charge in [-0.2, -0.15) is 0 Å². The van der Waals surface area contributed by atoms with Crippen molar-refractivity contribution < 1.29 is 28.5 Å². The number of anilines is 1. The van der Waals surface area contributed by atoms with Gasteiger partial charge in [0.2, 0.25) is 15.9 Å². The van der Waals surface area contributed by atoms with Crippen LogP contribution in [0.2, 0.25) is 0 Å². The Balaban J connectivity index is 1.44. The topological polar surface area (TPSA) is 162 Å². The van der Waals surface area contributed by atoms with Gasteiger partial charge in [0.25, 0.3) is 0 Å². The van der Waals surface area contributed by atoms with E-state index in [2.05, 4.69) is 10.0 Å². The molecular weight excluding hydrogens is 578 g/mol. The maximum absolute atomic E-state index is 12.6. The van der Waals surface area contributed by atoms with Crippen LogP contribution in [0.15, 0.2) is 91.0 Å². The van der Waals surface area contributed by atoms with Crippen LogP contribution in [0.1, 0.15) is 48.1 Å². The van der Waals surface area contributed by atoms with Gasteiger partial charge in [-0.1, -0.05) is 66.7 Å². The molecule has 0 aliphatic carbocycles. The summed E-state index contributed by atoms with van der Waals surface area (Å²) in [6, 6.07) is 26.9. The number of benzene rings is 4. The second kappa shape index (κ2) is 13.5. The molecule has 9 nitrogen and oxygen atoms in total. The van der Waals surface area contributed by atoms with Gasteiger partial charge in [0.05, 0.1) is 24.0 Å². The van der Waals surface area contributed by atoms with Gasteiger partial charge >= 0.3 is 0 Å². The van der Waals surface area contributed by atoms with Crippen molar-refractivity contribution in [2.24, 2.45) is 5.73 Å². The Morgan fingerprint density at radius 1 is 0.864 bits per heavy atom. The molecule has 0 saturated heterocycles. The summed E-state index contributed by atoms with van der Waals surface area (Å²) in [5.41, 5.74) is 10.6. The van der Waals surface area contributed by atoms with Gasteiger partial charge in [0.1, 0.15) is 11.5 Å². The number of carbonyl (C=O) groups is 1. The van der Waals surface area contributed by atoms with Crippen LogP contribution in [-0.4, -0.2) is 48.0 Å². The van der Waals surface area contributed by atoms with Crippen molar-refractivity contribution in [1.29, 1.82) is 0 Å². The lowest BCUT2D eigenvalue weighted by molar-refractivity contribution is -0.119. The number of hydrogen-bond donors (Lipinski definition) is 6. The quantitative estimate of drug-likeness (QED) is 0.120. The van der Waals surface area contributed by atoms with Gasteiger partial charge in [-0.3, -0.25) is 9.52 Å². The number of nitrogens with two attached hydrogens (primary N) is 1. The highest BCUT2D eigenvalue weighted by Crippen LogP contribution is 2.29. The SMILES string of the molecule is CC(C)(Cc1cccc(C(Cc2cccc(-c3ccc(O)cc3)c2)C(N)=O)c1)NC[C@H](O)c1ccc(O)c(NS(C)(=O)=O)c1. The summed E-state index contributed by atoms with van der Waals surface area (Å²) < 4.78 is 25.5. The summed E-state index contributed by atoms with van der Waals surface area (Å²) in [5, 5.41) is 33.8. The van der Waals surface area contributed by atoms with Crippen LogP contribution in [-0.2, 0) is 27.7 Å². The first-order valence-electron chi connectivity index (χ1n) is 14.2. The fourth-order valence-electron chi connectivity index (χ4n) is 5.18. The molecule has 0 bridgehead atoms. The Bertz CT molecular complexity index is 1720. The van der Waals surface area contributed by atoms with Crippen molar-refractivity contribution in [3.05, 3.63) is 113 Å². The zero-order valence-corrected chi connectivity index (χ0v) is 25.8. The number of primary amides is 1. The minimum absolute atomic E-state index is 0.00351. The second-order valence-corrected chi connectivity index (χ2v) is 13.5. The number of hydrogen-bond acceptors (Lipinski definition) is 7. The maximum Gasteiger partial charge on any atom is 0.229 e. The number of sulfonamides is 1. The van der Waals surface area contributed by atoms with Crippen LogP contribution in [0.5, 0.6) is 11.5 Å². The fourth-order valence-corrected chi connectivity index (χ4v) is 5.74. The van der Waals surface area contributed by atoms with E-state index in [1.807, 2.05) is 74.5 Å². The zero-order chi connectivity index (χ0) is 32.1. The lowest BCUT2D eigenvalue weighted by Gasteiger charge is -2.28. The predicted molar refractivity (Wildman–Crippen MR) is 173 cm³/mol. The Morgan fingerprint density at radius 3 is 2.23 bits per heavy atom. The van der Waals surface area contributed by atoms with Crippen molar-refractivity contribution in [3.63, 3.8) is 0 Å². The lowest BCUT2D eigenvalue weighted by atomic mass is 9.87. The minimum Gasteiger partial charge on any atom is -0.508 e. The highest BCUT2D eigenvalue weighted by atomic mass is 32.2.